The van der Waals surface area contributed by atoms with Crippen LogP contribution in [0.15, 0.2) is 11.6 Å². The van der Waals surface area contributed by atoms with Gasteiger partial charge in [-0.25, -0.2) is 0 Å². The molecular weight excluding hydrogens is 240 g/mol. The fraction of sp³-hybridized carbons (Fsp3) is 0.667. The molecule has 0 aromatic rings. The first-order valence-corrected chi connectivity index (χ1v) is 9.32. The lowest BCUT2D eigenvalue weighted by Gasteiger charge is -2.15. The van der Waals surface area contributed by atoms with E-state index in [0.717, 1.165) is 0 Å². The number of rotatable bonds is 1. The molecule has 0 bridgehead atoms. The lowest BCUT2D eigenvalue weighted by atomic mass is 10.2. The second-order valence-electron chi connectivity index (χ2n) is 5.36. The smallest absolute Gasteiger partial charge is 0.165 e. The van der Waals surface area contributed by atoms with Crippen molar-refractivity contribution in [1.82, 2.24) is 0 Å². The first-order valence-electron chi connectivity index (χ1n) is 5.39. The molecule has 4 heteroatoms. The highest BCUT2D eigenvalue weighted by Crippen LogP contribution is 2.28. The Morgan fingerprint density at radius 3 is 2.38 bits per heavy atom. The molecular formula is C12H19ClO2Si. The van der Waals surface area contributed by atoms with Crippen molar-refractivity contribution < 1.29 is 9.47 Å². The van der Waals surface area contributed by atoms with E-state index >= 15 is 0 Å². The second-order valence-corrected chi connectivity index (χ2v) is 10.4. The summed E-state index contributed by atoms with van der Waals surface area (Å²) in [5.74, 6) is 2.58. The van der Waals surface area contributed by atoms with E-state index in [2.05, 4.69) is 31.1 Å². The fourth-order valence-electron chi connectivity index (χ4n) is 1.40. The van der Waals surface area contributed by atoms with Crippen LogP contribution in [-0.4, -0.2) is 26.1 Å². The molecule has 0 amide bonds. The topological polar surface area (TPSA) is 18.5 Å². The predicted octanol–water partition coefficient (Wildman–Crippen LogP) is 3.14. The van der Waals surface area contributed by atoms with Crippen LogP contribution in [0.1, 0.15) is 13.8 Å². The third-order valence-electron chi connectivity index (χ3n) is 1.98. The lowest BCUT2D eigenvalue weighted by molar-refractivity contribution is -0.138. The molecule has 2 atom stereocenters. The van der Waals surface area contributed by atoms with E-state index in [1.165, 1.54) is 5.54 Å². The Kier molecular flexibility index (Phi) is 4.25. The fourth-order valence-corrected chi connectivity index (χ4v) is 2.12. The maximum absolute atomic E-state index is 5.73. The minimum absolute atomic E-state index is 0.170. The van der Waals surface area contributed by atoms with Crippen LogP contribution in [0.5, 0.6) is 0 Å². The normalized spacial score (nSPS) is 29.1. The molecule has 90 valence electrons. The van der Waals surface area contributed by atoms with Crippen LogP contribution in [0.4, 0.5) is 0 Å². The van der Waals surface area contributed by atoms with Gasteiger partial charge in [0.05, 0.1) is 0 Å². The molecule has 1 heterocycles. The number of hydrogen-bond donors (Lipinski definition) is 0. The van der Waals surface area contributed by atoms with Gasteiger partial charge in [0.25, 0.3) is 0 Å². The highest BCUT2D eigenvalue weighted by atomic mass is 35.5. The second kappa shape index (κ2) is 4.93. The summed E-state index contributed by atoms with van der Waals surface area (Å²) < 4.78 is 11.4. The third kappa shape index (κ3) is 4.30. The summed E-state index contributed by atoms with van der Waals surface area (Å²) in [6, 6.07) is 0. The molecule has 0 aromatic carbocycles. The highest BCUT2D eigenvalue weighted by molar-refractivity contribution is 6.83. The molecule has 0 spiro atoms. The lowest BCUT2D eigenvalue weighted by Crippen LogP contribution is -2.22. The van der Waals surface area contributed by atoms with E-state index in [4.69, 9.17) is 21.1 Å². The summed E-state index contributed by atoms with van der Waals surface area (Å²) in [5.41, 5.74) is 4.75. The van der Waals surface area contributed by atoms with Crippen molar-refractivity contribution in [3.63, 3.8) is 0 Å². The molecule has 0 aliphatic carbocycles. The Labute approximate surface area is 104 Å². The molecule has 0 radical (unpaired) electrons. The van der Waals surface area contributed by atoms with Crippen LogP contribution >= 0.6 is 11.6 Å². The van der Waals surface area contributed by atoms with Crippen molar-refractivity contribution >= 4 is 19.7 Å². The van der Waals surface area contributed by atoms with Crippen LogP contribution in [0.3, 0.4) is 0 Å². The summed E-state index contributed by atoms with van der Waals surface area (Å²) in [6.07, 6.45) is 1.40. The van der Waals surface area contributed by atoms with E-state index in [0.29, 0.717) is 0 Å². The van der Waals surface area contributed by atoms with Crippen LogP contribution in [0, 0.1) is 11.5 Å². The standard InChI is InChI=1S/C12H19ClO2Si/c1-12(2)14-10(6-8-13)11(15-12)7-9-16(3,4)5/h6,8,10-11H,1-5H3/b8-6+/t10-,11+/m0/s1. The van der Waals surface area contributed by atoms with Crippen LogP contribution in [-0.2, 0) is 9.47 Å². The zero-order valence-electron chi connectivity index (χ0n) is 10.5. The van der Waals surface area contributed by atoms with Gasteiger partial charge in [-0.3, -0.25) is 0 Å². The Morgan fingerprint density at radius 2 is 1.88 bits per heavy atom. The van der Waals surface area contributed by atoms with Gasteiger partial charge in [-0.1, -0.05) is 37.2 Å². The molecule has 1 rings (SSSR count). The SMILES string of the molecule is CC1(C)O[C@@H](/C=C/Cl)[C@@H](C#C[Si](C)(C)C)O1. The molecule has 1 fully saturated rings. The zero-order valence-corrected chi connectivity index (χ0v) is 12.3. The van der Waals surface area contributed by atoms with E-state index in [1.54, 1.807) is 6.08 Å². The van der Waals surface area contributed by atoms with Gasteiger partial charge >= 0.3 is 0 Å². The Hall–Kier alpha value is -0.273. The minimum atomic E-state index is -1.38. The van der Waals surface area contributed by atoms with Gasteiger partial charge in [0, 0.05) is 5.54 Å². The third-order valence-corrected chi connectivity index (χ3v) is 3.02. The summed E-state index contributed by atoms with van der Waals surface area (Å²) in [7, 11) is -1.38. The van der Waals surface area contributed by atoms with Gasteiger partial charge in [0.2, 0.25) is 0 Å². The van der Waals surface area contributed by atoms with Crippen molar-refractivity contribution in [3.05, 3.63) is 11.6 Å². The summed E-state index contributed by atoms with van der Waals surface area (Å²) in [5, 5.41) is 0. The molecule has 16 heavy (non-hydrogen) atoms. The van der Waals surface area contributed by atoms with Crippen molar-refractivity contribution in [2.24, 2.45) is 0 Å². The van der Waals surface area contributed by atoms with Crippen molar-refractivity contribution in [1.29, 1.82) is 0 Å². The van der Waals surface area contributed by atoms with Crippen LogP contribution in [0.2, 0.25) is 19.6 Å². The van der Waals surface area contributed by atoms with E-state index in [-0.39, 0.29) is 12.2 Å². The number of ether oxygens (including phenoxy) is 2. The molecule has 2 nitrogen and oxygen atoms in total. The predicted molar refractivity (Wildman–Crippen MR) is 69.9 cm³/mol. The number of hydrogen-bond acceptors (Lipinski definition) is 2. The maximum atomic E-state index is 5.73. The van der Waals surface area contributed by atoms with E-state index < -0.39 is 13.9 Å². The maximum Gasteiger partial charge on any atom is 0.165 e. The van der Waals surface area contributed by atoms with Gasteiger partial charge in [-0.05, 0) is 19.9 Å². The number of halogens is 1. The summed E-state index contributed by atoms with van der Waals surface area (Å²) >= 11 is 5.57. The molecule has 1 aliphatic rings. The quantitative estimate of drug-likeness (QED) is 0.531. The average Bonchev–Trinajstić information content (AvgIpc) is 2.37. The summed E-state index contributed by atoms with van der Waals surface area (Å²) in [4.78, 5) is 0. The van der Waals surface area contributed by atoms with E-state index in [9.17, 15) is 0 Å². The minimum Gasteiger partial charge on any atom is -0.339 e. The molecule has 1 aliphatic heterocycles. The van der Waals surface area contributed by atoms with Crippen LogP contribution in [0.25, 0.3) is 0 Å². The first-order chi connectivity index (χ1) is 7.23. The molecule has 0 unspecified atom stereocenters. The van der Waals surface area contributed by atoms with Crippen molar-refractivity contribution in [3.8, 4) is 11.5 Å². The van der Waals surface area contributed by atoms with E-state index in [1.807, 2.05) is 13.8 Å². The zero-order chi connectivity index (χ0) is 12.4. The highest BCUT2D eigenvalue weighted by Gasteiger charge is 2.39. The van der Waals surface area contributed by atoms with Gasteiger partial charge in [0.1, 0.15) is 14.2 Å². The van der Waals surface area contributed by atoms with Crippen molar-refractivity contribution in [2.75, 3.05) is 0 Å². The van der Waals surface area contributed by atoms with Gasteiger partial charge in [-0.15, -0.1) is 5.54 Å². The average molecular weight is 259 g/mol. The first kappa shape index (κ1) is 13.8. The van der Waals surface area contributed by atoms with Gasteiger partial charge in [0.15, 0.2) is 11.9 Å². The van der Waals surface area contributed by atoms with Crippen LogP contribution < -0.4 is 0 Å². The summed E-state index contributed by atoms with van der Waals surface area (Å²) in [6.45, 7) is 10.4. The monoisotopic (exact) mass is 258 g/mol. The Bertz CT molecular complexity index is 333. The molecule has 0 N–H and O–H groups in total. The molecule has 1 saturated heterocycles. The Morgan fingerprint density at radius 1 is 1.25 bits per heavy atom. The van der Waals surface area contributed by atoms with Gasteiger partial charge in [-0.2, -0.15) is 0 Å². The Balaban J connectivity index is 2.81. The largest absolute Gasteiger partial charge is 0.339 e. The van der Waals surface area contributed by atoms with Gasteiger partial charge < -0.3 is 9.47 Å². The molecule has 0 saturated carbocycles. The molecule has 0 aromatic heterocycles. The van der Waals surface area contributed by atoms with Crippen molar-refractivity contribution in [2.45, 2.75) is 51.5 Å².